The summed E-state index contributed by atoms with van der Waals surface area (Å²) < 4.78 is 6.96. The first-order valence-electron chi connectivity index (χ1n) is 8.30. The van der Waals surface area contributed by atoms with Gasteiger partial charge in [-0.05, 0) is 30.3 Å². The lowest BCUT2D eigenvalue weighted by molar-refractivity contribution is 0.415. The topological polar surface area (TPSA) is 81.0 Å². The van der Waals surface area contributed by atoms with E-state index in [1.54, 1.807) is 11.6 Å². The second kappa shape index (κ2) is 6.33. The quantitative estimate of drug-likeness (QED) is 0.516. The number of rotatable bonds is 4. The van der Waals surface area contributed by atoms with Crippen molar-refractivity contribution < 1.29 is 4.74 Å². The maximum absolute atomic E-state index is 5.21. The van der Waals surface area contributed by atoms with E-state index in [2.05, 4.69) is 25.5 Å². The minimum atomic E-state index is 0.693. The first kappa shape index (κ1) is 15.7. The molecule has 0 radical (unpaired) electrons. The van der Waals surface area contributed by atoms with E-state index in [1.807, 2.05) is 60.7 Å². The summed E-state index contributed by atoms with van der Waals surface area (Å²) in [5, 5.41) is 21.5. The Balaban J connectivity index is 1.52. The fourth-order valence-electron chi connectivity index (χ4n) is 2.83. The molecule has 0 amide bonds. The van der Waals surface area contributed by atoms with Gasteiger partial charge in [-0.25, -0.2) is 0 Å². The molecule has 132 valence electrons. The van der Waals surface area contributed by atoms with E-state index in [0.29, 0.717) is 5.82 Å². The van der Waals surface area contributed by atoms with Gasteiger partial charge in [-0.3, -0.25) is 5.10 Å². The highest BCUT2D eigenvalue weighted by Crippen LogP contribution is 2.29. The summed E-state index contributed by atoms with van der Waals surface area (Å²) in [6.45, 7) is 0. The minimum Gasteiger partial charge on any atom is -0.497 e. The van der Waals surface area contributed by atoms with Crippen LogP contribution >= 0.6 is 11.3 Å². The Hall–Kier alpha value is -3.52. The van der Waals surface area contributed by atoms with Crippen molar-refractivity contribution in [3.8, 4) is 39.1 Å². The number of fused-ring (bicyclic) bond motifs is 1. The first-order valence-corrected chi connectivity index (χ1v) is 9.11. The van der Waals surface area contributed by atoms with Crippen molar-refractivity contribution in [2.75, 3.05) is 7.11 Å². The molecule has 5 aromatic rings. The number of aromatic amines is 1. The number of hydrogen-bond donors (Lipinski definition) is 1. The van der Waals surface area contributed by atoms with Crippen molar-refractivity contribution in [3.63, 3.8) is 0 Å². The second-order valence-corrected chi connectivity index (χ2v) is 6.84. The van der Waals surface area contributed by atoms with E-state index in [-0.39, 0.29) is 0 Å². The minimum absolute atomic E-state index is 0.693. The van der Waals surface area contributed by atoms with Crippen LogP contribution in [0.15, 0.2) is 60.7 Å². The van der Waals surface area contributed by atoms with Crippen molar-refractivity contribution in [1.29, 1.82) is 0 Å². The summed E-state index contributed by atoms with van der Waals surface area (Å²) in [5.74, 6) is 1.49. The Kier molecular flexibility index (Phi) is 3.68. The molecule has 0 aliphatic heterocycles. The molecule has 1 N–H and O–H groups in total. The van der Waals surface area contributed by atoms with Gasteiger partial charge in [-0.1, -0.05) is 41.7 Å². The van der Waals surface area contributed by atoms with Crippen molar-refractivity contribution in [1.82, 2.24) is 30.0 Å². The number of nitrogens with one attached hydrogen (secondary N) is 1. The molecule has 7 nitrogen and oxygen atoms in total. The number of nitrogens with zero attached hydrogens (tertiary/aromatic N) is 5. The highest BCUT2D eigenvalue weighted by Gasteiger charge is 2.16. The van der Waals surface area contributed by atoms with Crippen molar-refractivity contribution >= 4 is 16.3 Å². The van der Waals surface area contributed by atoms with Gasteiger partial charge in [-0.15, -0.1) is 10.2 Å². The molecule has 0 saturated heterocycles. The SMILES string of the molecule is COc1ccc(-c2nnc3sc(-c4cc(-c5ccccc5)n[nH]4)nn23)cc1. The molecule has 27 heavy (non-hydrogen) atoms. The number of aromatic nitrogens is 6. The Morgan fingerprint density at radius 3 is 2.56 bits per heavy atom. The smallest absolute Gasteiger partial charge is 0.235 e. The monoisotopic (exact) mass is 374 g/mol. The second-order valence-electron chi connectivity index (χ2n) is 5.89. The van der Waals surface area contributed by atoms with E-state index in [1.165, 1.54) is 11.3 Å². The summed E-state index contributed by atoms with van der Waals surface area (Å²) in [7, 11) is 1.64. The molecular weight excluding hydrogens is 360 g/mol. The van der Waals surface area contributed by atoms with Gasteiger partial charge in [0.1, 0.15) is 5.75 Å². The molecular formula is C19H14N6OS. The Bertz CT molecular complexity index is 1210. The summed E-state index contributed by atoms with van der Waals surface area (Å²) in [6, 6.07) is 19.7. The average molecular weight is 374 g/mol. The molecule has 0 aliphatic rings. The average Bonchev–Trinajstić information content (AvgIpc) is 3.44. The third-order valence-corrected chi connectivity index (χ3v) is 5.15. The normalized spacial score (nSPS) is 11.1. The number of benzene rings is 2. The molecule has 0 spiro atoms. The van der Waals surface area contributed by atoms with Gasteiger partial charge in [0.25, 0.3) is 0 Å². The third kappa shape index (κ3) is 2.76. The maximum atomic E-state index is 5.21. The molecule has 0 fully saturated rings. The lowest BCUT2D eigenvalue weighted by atomic mass is 10.1. The van der Waals surface area contributed by atoms with Gasteiger partial charge in [0.05, 0.1) is 18.5 Å². The van der Waals surface area contributed by atoms with Crippen LogP contribution in [-0.4, -0.2) is 37.1 Å². The summed E-state index contributed by atoms with van der Waals surface area (Å²) in [6.07, 6.45) is 0. The van der Waals surface area contributed by atoms with Crippen LogP contribution < -0.4 is 4.74 Å². The fraction of sp³-hybridized carbons (Fsp3) is 0.0526. The Morgan fingerprint density at radius 2 is 1.78 bits per heavy atom. The van der Waals surface area contributed by atoms with Crippen molar-refractivity contribution in [3.05, 3.63) is 60.7 Å². The van der Waals surface area contributed by atoms with E-state index >= 15 is 0 Å². The van der Waals surface area contributed by atoms with Crippen LogP contribution in [0.5, 0.6) is 5.75 Å². The van der Waals surface area contributed by atoms with E-state index in [4.69, 9.17) is 4.74 Å². The highest BCUT2D eigenvalue weighted by molar-refractivity contribution is 7.19. The zero-order valence-corrected chi connectivity index (χ0v) is 15.1. The van der Waals surface area contributed by atoms with Gasteiger partial charge in [0, 0.05) is 11.1 Å². The van der Waals surface area contributed by atoms with E-state index in [9.17, 15) is 0 Å². The molecule has 0 bridgehead atoms. The van der Waals surface area contributed by atoms with Gasteiger partial charge in [0.2, 0.25) is 4.96 Å². The molecule has 0 unspecified atom stereocenters. The summed E-state index contributed by atoms with van der Waals surface area (Å²) >= 11 is 1.46. The largest absolute Gasteiger partial charge is 0.497 e. The number of H-pyrrole nitrogens is 1. The summed E-state index contributed by atoms with van der Waals surface area (Å²) in [4.78, 5) is 0.728. The molecule has 0 saturated carbocycles. The van der Waals surface area contributed by atoms with Crippen LogP contribution in [0.1, 0.15) is 0 Å². The third-order valence-electron chi connectivity index (χ3n) is 4.22. The Labute approximate surface area is 158 Å². The zero-order valence-electron chi connectivity index (χ0n) is 14.3. The predicted molar refractivity (Wildman–Crippen MR) is 104 cm³/mol. The molecule has 0 atom stereocenters. The van der Waals surface area contributed by atoms with Crippen LogP contribution in [-0.2, 0) is 0 Å². The van der Waals surface area contributed by atoms with Crippen molar-refractivity contribution in [2.24, 2.45) is 0 Å². The van der Waals surface area contributed by atoms with Crippen molar-refractivity contribution in [2.45, 2.75) is 0 Å². The van der Waals surface area contributed by atoms with Crippen LogP contribution in [0.3, 0.4) is 0 Å². The molecule has 2 aromatic carbocycles. The molecule has 5 rings (SSSR count). The van der Waals surface area contributed by atoms with Gasteiger partial charge < -0.3 is 4.74 Å². The molecule has 0 aliphatic carbocycles. The summed E-state index contributed by atoms with van der Waals surface area (Å²) in [5.41, 5.74) is 3.72. The maximum Gasteiger partial charge on any atom is 0.235 e. The number of methoxy groups -OCH3 is 1. The predicted octanol–water partition coefficient (Wildman–Crippen LogP) is 3.92. The van der Waals surface area contributed by atoms with Crippen LogP contribution in [0.25, 0.3) is 38.3 Å². The lowest BCUT2D eigenvalue weighted by Gasteiger charge is -2.00. The molecule has 3 heterocycles. The highest BCUT2D eigenvalue weighted by atomic mass is 32.1. The standard InChI is InChI=1S/C19H14N6OS/c1-26-14-9-7-13(8-10-14)17-22-23-19-25(17)24-18(27-19)16-11-15(20-21-16)12-5-3-2-4-6-12/h2-11H,1H3,(H,20,21). The fourth-order valence-corrected chi connectivity index (χ4v) is 3.64. The van der Waals surface area contributed by atoms with Gasteiger partial charge in [0.15, 0.2) is 10.8 Å². The van der Waals surface area contributed by atoms with Crippen LogP contribution in [0.4, 0.5) is 0 Å². The van der Waals surface area contributed by atoms with Crippen LogP contribution in [0.2, 0.25) is 0 Å². The number of ether oxygens (including phenoxy) is 1. The molecule has 3 aromatic heterocycles. The zero-order chi connectivity index (χ0) is 18.2. The molecule has 8 heteroatoms. The lowest BCUT2D eigenvalue weighted by Crippen LogP contribution is -1.91. The van der Waals surface area contributed by atoms with Crippen LogP contribution in [0, 0.1) is 0 Å². The van der Waals surface area contributed by atoms with Gasteiger partial charge in [-0.2, -0.15) is 14.7 Å². The first-order chi connectivity index (χ1) is 13.3. The van der Waals surface area contributed by atoms with E-state index < -0.39 is 0 Å². The van der Waals surface area contributed by atoms with E-state index in [0.717, 1.165) is 38.2 Å². The van der Waals surface area contributed by atoms with Gasteiger partial charge >= 0.3 is 0 Å². The number of hydrogen-bond acceptors (Lipinski definition) is 6. The Morgan fingerprint density at radius 1 is 0.963 bits per heavy atom.